The van der Waals surface area contributed by atoms with Crippen LogP contribution in [0, 0.1) is 18.3 Å². The molecule has 0 N–H and O–H groups in total. The lowest BCUT2D eigenvalue weighted by atomic mass is 10.1. The zero-order chi connectivity index (χ0) is 25.8. The Morgan fingerprint density at radius 1 is 1.00 bits per heavy atom. The second kappa shape index (κ2) is 10.3. The smallest absolute Gasteiger partial charge is 0.257 e. The summed E-state index contributed by atoms with van der Waals surface area (Å²) in [5, 5.41) is 9.05. The number of nitriles is 1. The first-order valence-corrected chi connectivity index (χ1v) is 11.3. The second-order valence-electron chi connectivity index (χ2n) is 8.43. The summed E-state index contributed by atoms with van der Waals surface area (Å²) in [4.78, 5) is 42.7. The molecule has 1 aliphatic heterocycles. The molecular formula is C28H25N3O5. The van der Waals surface area contributed by atoms with Gasteiger partial charge in [-0.25, -0.2) is 4.90 Å². The lowest BCUT2D eigenvalue weighted by Crippen LogP contribution is -2.45. The second-order valence-corrected chi connectivity index (χ2v) is 8.43. The molecule has 3 amide bonds. The maximum absolute atomic E-state index is 13.8. The molecule has 1 unspecified atom stereocenters. The number of carbonyl (C=O) groups excluding carboxylic acids is 3. The minimum absolute atomic E-state index is 0.137. The average Bonchev–Trinajstić information content (AvgIpc) is 3.20. The predicted molar refractivity (Wildman–Crippen MR) is 133 cm³/mol. The van der Waals surface area contributed by atoms with Gasteiger partial charge in [-0.15, -0.1) is 0 Å². The van der Waals surface area contributed by atoms with E-state index in [0.29, 0.717) is 28.3 Å². The Kier molecular flexibility index (Phi) is 7.02. The lowest BCUT2D eigenvalue weighted by Gasteiger charge is -2.28. The molecule has 1 aliphatic rings. The molecule has 0 spiro atoms. The van der Waals surface area contributed by atoms with Crippen molar-refractivity contribution in [2.45, 2.75) is 25.9 Å². The topological polar surface area (TPSA) is 99.9 Å². The molecule has 182 valence electrons. The SMILES string of the molecule is COc1ccc(C(=O)N(Cc2ccc(C)cc2)C2CC(=O)N(c3ccc(C#N)cc3)C2=O)cc1OC. The predicted octanol–water partition coefficient (Wildman–Crippen LogP) is 3.86. The lowest BCUT2D eigenvalue weighted by molar-refractivity contribution is -0.122. The van der Waals surface area contributed by atoms with Crippen LogP contribution < -0.4 is 14.4 Å². The number of amides is 3. The van der Waals surface area contributed by atoms with E-state index in [1.165, 1.54) is 19.1 Å². The number of imide groups is 1. The van der Waals surface area contributed by atoms with Gasteiger partial charge in [-0.2, -0.15) is 5.26 Å². The third kappa shape index (κ3) is 4.77. The van der Waals surface area contributed by atoms with Gasteiger partial charge in [0.2, 0.25) is 5.91 Å². The Hall–Kier alpha value is -4.64. The number of methoxy groups -OCH3 is 2. The summed E-state index contributed by atoms with van der Waals surface area (Å²) in [5.74, 6) is -0.469. The van der Waals surface area contributed by atoms with Crippen LogP contribution in [0.25, 0.3) is 0 Å². The number of ether oxygens (including phenoxy) is 2. The summed E-state index contributed by atoms with van der Waals surface area (Å²) in [6.45, 7) is 2.10. The fourth-order valence-corrected chi connectivity index (χ4v) is 4.16. The van der Waals surface area contributed by atoms with Crippen molar-refractivity contribution in [2.24, 2.45) is 0 Å². The van der Waals surface area contributed by atoms with Gasteiger partial charge in [0.05, 0.1) is 38.0 Å². The first-order chi connectivity index (χ1) is 17.4. The van der Waals surface area contributed by atoms with Crippen molar-refractivity contribution in [2.75, 3.05) is 19.1 Å². The number of hydrogen-bond donors (Lipinski definition) is 0. The van der Waals surface area contributed by atoms with Gasteiger partial charge in [-0.05, 0) is 55.0 Å². The molecule has 1 fully saturated rings. The summed E-state index contributed by atoms with van der Waals surface area (Å²) < 4.78 is 10.6. The highest BCUT2D eigenvalue weighted by Crippen LogP contribution is 2.31. The molecule has 0 aliphatic carbocycles. The summed E-state index contributed by atoms with van der Waals surface area (Å²) in [5.41, 5.74) is 2.97. The van der Waals surface area contributed by atoms with Crippen LogP contribution in [0.15, 0.2) is 66.7 Å². The van der Waals surface area contributed by atoms with E-state index in [9.17, 15) is 14.4 Å². The van der Waals surface area contributed by atoms with E-state index in [4.69, 9.17) is 14.7 Å². The van der Waals surface area contributed by atoms with Gasteiger partial charge in [0.1, 0.15) is 6.04 Å². The van der Waals surface area contributed by atoms with Crippen molar-refractivity contribution in [3.63, 3.8) is 0 Å². The van der Waals surface area contributed by atoms with Gasteiger partial charge < -0.3 is 14.4 Å². The summed E-state index contributed by atoms with van der Waals surface area (Å²) in [7, 11) is 2.98. The van der Waals surface area contributed by atoms with E-state index in [2.05, 4.69) is 0 Å². The van der Waals surface area contributed by atoms with Crippen molar-refractivity contribution >= 4 is 23.4 Å². The Morgan fingerprint density at radius 3 is 2.28 bits per heavy atom. The van der Waals surface area contributed by atoms with E-state index >= 15 is 0 Å². The van der Waals surface area contributed by atoms with E-state index < -0.39 is 23.8 Å². The third-order valence-electron chi connectivity index (χ3n) is 6.12. The molecule has 0 saturated carbocycles. The number of benzene rings is 3. The highest BCUT2D eigenvalue weighted by molar-refractivity contribution is 6.23. The monoisotopic (exact) mass is 483 g/mol. The Bertz CT molecular complexity index is 1340. The quantitative estimate of drug-likeness (QED) is 0.473. The van der Waals surface area contributed by atoms with Crippen molar-refractivity contribution in [1.82, 2.24) is 4.90 Å². The molecule has 36 heavy (non-hydrogen) atoms. The third-order valence-corrected chi connectivity index (χ3v) is 6.12. The zero-order valence-electron chi connectivity index (χ0n) is 20.2. The van der Waals surface area contributed by atoms with Gasteiger partial charge in [0, 0.05) is 12.1 Å². The van der Waals surface area contributed by atoms with E-state index in [-0.39, 0.29) is 13.0 Å². The normalized spacial score (nSPS) is 14.9. The van der Waals surface area contributed by atoms with Crippen LogP contribution in [-0.2, 0) is 16.1 Å². The molecule has 8 nitrogen and oxygen atoms in total. The van der Waals surface area contributed by atoms with Gasteiger partial charge in [-0.3, -0.25) is 14.4 Å². The summed E-state index contributed by atoms with van der Waals surface area (Å²) in [6.07, 6.45) is -0.149. The highest BCUT2D eigenvalue weighted by Gasteiger charge is 2.44. The fourth-order valence-electron chi connectivity index (χ4n) is 4.16. The minimum Gasteiger partial charge on any atom is -0.493 e. The Balaban J connectivity index is 1.70. The van der Waals surface area contributed by atoms with Crippen molar-refractivity contribution in [3.05, 3.63) is 89.0 Å². The van der Waals surface area contributed by atoms with Crippen LogP contribution in [0.4, 0.5) is 5.69 Å². The molecular weight excluding hydrogens is 458 g/mol. The van der Waals surface area contributed by atoms with Crippen molar-refractivity contribution in [1.29, 1.82) is 5.26 Å². The molecule has 0 aromatic heterocycles. The number of aryl methyl sites for hydroxylation is 1. The first kappa shape index (κ1) is 24.5. The molecule has 4 rings (SSSR count). The molecule has 0 bridgehead atoms. The van der Waals surface area contributed by atoms with Gasteiger partial charge in [0.25, 0.3) is 11.8 Å². The number of carbonyl (C=O) groups is 3. The van der Waals surface area contributed by atoms with Crippen LogP contribution in [-0.4, -0.2) is 42.9 Å². The molecule has 3 aromatic carbocycles. The highest BCUT2D eigenvalue weighted by atomic mass is 16.5. The average molecular weight is 484 g/mol. The van der Waals surface area contributed by atoms with E-state index in [1.54, 1.807) is 42.5 Å². The largest absolute Gasteiger partial charge is 0.493 e. The molecule has 1 saturated heterocycles. The molecule has 1 heterocycles. The minimum atomic E-state index is -0.991. The van der Waals surface area contributed by atoms with Gasteiger partial charge in [-0.1, -0.05) is 29.8 Å². The first-order valence-electron chi connectivity index (χ1n) is 11.3. The summed E-state index contributed by atoms with van der Waals surface area (Å²) in [6, 6.07) is 19.6. The Labute approximate surface area is 209 Å². The fraction of sp³-hybridized carbons (Fsp3) is 0.214. The van der Waals surface area contributed by atoms with Crippen molar-refractivity contribution < 1.29 is 23.9 Å². The van der Waals surface area contributed by atoms with Crippen LogP contribution >= 0.6 is 0 Å². The number of rotatable bonds is 7. The maximum Gasteiger partial charge on any atom is 0.257 e. The molecule has 0 radical (unpaired) electrons. The molecule has 8 heteroatoms. The van der Waals surface area contributed by atoms with Gasteiger partial charge >= 0.3 is 0 Å². The van der Waals surface area contributed by atoms with Gasteiger partial charge in [0.15, 0.2) is 11.5 Å². The standard InChI is InChI=1S/C28H25N3O5/c1-18-4-6-20(7-5-18)17-30(27(33)21-10-13-24(35-2)25(14-21)36-3)23-15-26(32)31(28(23)34)22-11-8-19(16-29)9-12-22/h4-14,23H,15,17H2,1-3H3. The van der Waals surface area contributed by atoms with Crippen LogP contribution in [0.2, 0.25) is 0 Å². The van der Waals surface area contributed by atoms with Crippen LogP contribution in [0.5, 0.6) is 11.5 Å². The number of nitrogens with zero attached hydrogens (tertiary/aromatic N) is 3. The molecule has 3 aromatic rings. The maximum atomic E-state index is 13.8. The van der Waals surface area contributed by atoms with Crippen molar-refractivity contribution in [3.8, 4) is 17.6 Å². The van der Waals surface area contributed by atoms with E-state index in [1.807, 2.05) is 37.3 Å². The number of hydrogen-bond acceptors (Lipinski definition) is 6. The van der Waals surface area contributed by atoms with Crippen LogP contribution in [0.1, 0.15) is 33.5 Å². The number of anilines is 1. The Morgan fingerprint density at radius 2 is 1.67 bits per heavy atom. The van der Waals surface area contributed by atoms with Crippen LogP contribution in [0.3, 0.4) is 0 Å². The molecule has 1 atom stereocenters. The zero-order valence-corrected chi connectivity index (χ0v) is 20.2. The summed E-state index contributed by atoms with van der Waals surface area (Å²) >= 11 is 0. The van der Waals surface area contributed by atoms with E-state index in [0.717, 1.165) is 16.0 Å².